The smallest absolute Gasteiger partial charge is 0.263 e. The van der Waals surface area contributed by atoms with Crippen molar-refractivity contribution in [3.05, 3.63) is 65.4 Å². The molecule has 0 aliphatic carbocycles. The third-order valence-corrected chi connectivity index (χ3v) is 4.89. The molecule has 29 heavy (non-hydrogen) atoms. The Morgan fingerprint density at radius 2 is 1.90 bits per heavy atom. The quantitative estimate of drug-likeness (QED) is 0.535. The normalized spacial score (nSPS) is 10.9. The van der Waals surface area contributed by atoms with Crippen LogP contribution in [0.3, 0.4) is 0 Å². The number of hydrogen-bond acceptors (Lipinski definition) is 6. The number of halogens is 2. The number of rotatable bonds is 5. The summed E-state index contributed by atoms with van der Waals surface area (Å²) in [5.74, 6) is -2.94. The van der Waals surface area contributed by atoms with Crippen molar-refractivity contribution < 1.29 is 13.6 Å². The molecule has 0 radical (unpaired) electrons. The van der Waals surface area contributed by atoms with E-state index in [0.29, 0.717) is 12.1 Å². The Labute approximate surface area is 168 Å². The van der Waals surface area contributed by atoms with E-state index in [1.165, 1.54) is 29.8 Å². The molecule has 0 spiro atoms. The van der Waals surface area contributed by atoms with Crippen LogP contribution in [-0.4, -0.2) is 30.6 Å². The minimum absolute atomic E-state index is 0.0656. The number of aromatic nitrogens is 5. The molecule has 7 nitrogen and oxygen atoms in total. The van der Waals surface area contributed by atoms with Gasteiger partial charge in [0.15, 0.2) is 0 Å². The van der Waals surface area contributed by atoms with Gasteiger partial charge in [-0.3, -0.25) is 14.8 Å². The number of nitrogens with one attached hydrogen (secondary N) is 1. The molecule has 3 heterocycles. The van der Waals surface area contributed by atoms with Crippen molar-refractivity contribution in [2.75, 3.05) is 5.32 Å². The number of nitrogens with zero attached hydrogens (tertiary/aromatic N) is 5. The standard InChI is InChI=1S/C19H14F2N6OS/c1-2-27-15(8-14(26-27)18-22-6-7-29-18)11-9-23-19(24-10-11)25-17(28)16-12(20)4-3-5-13(16)21/h3-10H,2H2,1H3,(H,23,24,25,28). The van der Waals surface area contributed by atoms with Crippen molar-refractivity contribution in [3.63, 3.8) is 0 Å². The molecule has 0 saturated heterocycles. The molecule has 146 valence electrons. The number of aryl methyl sites for hydroxylation is 1. The Morgan fingerprint density at radius 1 is 1.17 bits per heavy atom. The number of carbonyl (C=O) groups excluding carboxylic acids is 1. The number of amides is 1. The molecule has 0 saturated carbocycles. The van der Waals surface area contributed by atoms with Gasteiger partial charge in [-0.25, -0.2) is 23.7 Å². The van der Waals surface area contributed by atoms with E-state index < -0.39 is 23.1 Å². The highest BCUT2D eigenvalue weighted by Crippen LogP contribution is 2.27. The van der Waals surface area contributed by atoms with Crippen LogP contribution in [0.2, 0.25) is 0 Å². The van der Waals surface area contributed by atoms with Crippen LogP contribution in [0.5, 0.6) is 0 Å². The van der Waals surface area contributed by atoms with Gasteiger partial charge in [-0.1, -0.05) is 6.07 Å². The van der Waals surface area contributed by atoms with E-state index in [-0.39, 0.29) is 5.95 Å². The van der Waals surface area contributed by atoms with E-state index in [0.717, 1.165) is 28.5 Å². The summed E-state index contributed by atoms with van der Waals surface area (Å²) < 4.78 is 29.3. The Kier molecular flexibility index (Phi) is 5.09. The van der Waals surface area contributed by atoms with E-state index in [2.05, 4.69) is 25.4 Å². The Hall–Kier alpha value is -3.53. The maximum atomic E-state index is 13.7. The van der Waals surface area contributed by atoms with Gasteiger partial charge in [-0.2, -0.15) is 5.10 Å². The lowest BCUT2D eigenvalue weighted by Crippen LogP contribution is -2.17. The van der Waals surface area contributed by atoms with Crippen molar-refractivity contribution in [3.8, 4) is 22.0 Å². The molecular weight excluding hydrogens is 398 g/mol. The van der Waals surface area contributed by atoms with Gasteiger partial charge in [0.1, 0.15) is 27.9 Å². The average Bonchev–Trinajstić information content (AvgIpc) is 3.38. The lowest BCUT2D eigenvalue weighted by atomic mass is 10.2. The van der Waals surface area contributed by atoms with Gasteiger partial charge in [-0.15, -0.1) is 11.3 Å². The molecule has 0 aliphatic heterocycles. The number of carbonyl (C=O) groups is 1. The molecule has 0 bridgehead atoms. The summed E-state index contributed by atoms with van der Waals surface area (Å²) in [4.78, 5) is 24.6. The molecule has 0 aliphatic rings. The van der Waals surface area contributed by atoms with Crippen LogP contribution in [0.25, 0.3) is 22.0 Å². The second kappa shape index (κ2) is 7.84. The molecule has 1 N–H and O–H groups in total. The van der Waals surface area contributed by atoms with Crippen molar-refractivity contribution in [1.29, 1.82) is 0 Å². The lowest BCUT2D eigenvalue weighted by molar-refractivity contribution is 0.101. The first kappa shape index (κ1) is 18.8. The summed E-state index contributed by atoms with van der Waals surface area (Å²) in [6.45, 7) is 2.59. The van der Waals surface area contributed by atoms with Gasteiger partial charge in [0.05, 0.1) is 5.69 Å². The van der Waals surface area contributed by atoms with Crippen LogP contribution >= 0.6 is 11.3 Å². The van der Waals surface area contributed by atoms with Gasteiger partial charge in [0, 0.05) is 36.1 Å². The third kappa shape index (κ3) is 3.74. The lowest BCUT2D eigenvalue weighted by Gasteiger charge is -2.07. The van der Waals surface area contributed by atoms with Gasteiger partial charge in [0.2, 0.25) is 5.95 Å². The van der Waals surface area contributed by atoms with E-state index in [4.69, 9.17) is 0 Å². The largest absolute Gasteiger partial charge is 0.290 e. The Balaban J connectivity index is 1.58. The van der Waals surface area contributed by atoms with Crippen molar-refractivity contribution in [1.82, 2.24) is 24.7 Å². The van der Waals surface area contributed by atoms with Crippen LogP contribution in [0.4, 0.5) is 14.7 Å². The maximum Gasteiger partial charge on any atom is 0.263 e. The predicted molar refractivity (Wildman–Crippen MR) is 104 cm³/mol. The average molecular weight is 412 g/mol. The first-order chi connectivity index (χ1) is 14.1. The van der Waals surface area contributed by atoms with Crippen LogP contribution in [0, 0.1) is 11.6 Å². The van der Waals surface area contributed by atoms with Crippen LogP contribution in [0.1, 0.15) is 17.3 Å². The number of thiazole rings is 1. The fraction of sp³-hybridized carbons (Fsp3) is 0.105. The predicted octanol–water partition coefficient (Wildman–Crippen LogP) is 4.01. The minimum Gasteiger partial charge on any atom is -0.290 e. The van der Waals surface area contributed by atoms with E-state index in [1.54, 1.807) is 10.9 Å². The summed E-state index contributed by atoms with van der Waals surface area (Å²) >= 11 is 1.49. The highest BCUT2D eigenvalue weighted by atomic mass is 32.1. The SMILES string of the molecule is CCn1nc(-c2nccs2)cc1-c1cnc(NC(=O)c2c(F)cccc2F)nc1. The Morgan fingerprint density at radius 3 is 2.52 bits per heavy atom. The fourth-order valence-corrected chi connectivity index (χ4v) is 3.34. The van der Waals surface area contributed by atoms with E-state index >= 15 is 0 Å². The van der Waals surface area contributed by atoms with Gasteiger partial charge >= 0.3 is 0 Å². The number of hydrogen-bond donors (Lipinski definition) is 1. The molecule has 0 unspecified atom stereocenters. The molecule has 3 aromatic heterocycles. The zero-order valence-electron chi connectivity index (χ0n) is 15.1. The second-order valence-corrected chi connectivity index (χ2v) is 6.81. The van der Waals surface area contributed by atoms with Crippen molar-refractivity contribution >= 4 is 23.2 Å². The molecule has 10 heteroatoms. The van der Waals surface area contributed by atoms with Crippen LogP contribution in [0.15, 0.2) is 48.2 Å². The first-order valence-corrected chi connectivity index (χ1v) is 9.50. The summed E-state index contributed by atoms with van der Waals surface area (Å²) in [7, 11) is 0. The molecule has 0 fully saturated rings. The summed E-state index contributed by atoms with van der Waals surface area (Å²) in [5.41, 5.74) is 1.52. The van der Waals surface area contributed by atoms with E-state index in [1.807, 2.05) is 18.4 Å². The summed E-state index contributed by atoms with van der Waals surface area (Å²) in [6.07, 6.45) is 4.73. The third-order valence-electron chi connectivity index (χ3n) is 4.09. The van der Waals surface area contributed by atoms with Crippen molar-refractivity contribution in [2.45, 2.75) is 13.5 Å². The highest BCUT2D eigenvalue weighted by molar-refractivity contribution is 7.13. The number of benzene rings is 1. The molecule has 1 aromatic carbocycles. The van der Waals surface area contributed by atoms with Crippen LogP contribution in [-0.2, 0) is 6.54 Å². The van der Waals surface area contributed by atoms with Gasteiger partial charge < -0.3 is 0 Å². The maximum absolute atomic E-state index is 13.7. The van der Waals surface area contributed by atoms with Crippen LogP contribution < -0.4 is 5.32 Å². The minimum atomic E-state index is -0.960. The topological polar surface area (TPSA) is 85.6 Å². The molecule has 4 rings (SSSR count). The van der Waals surface area contributed by atoms with Gasteiger partial charge in [0.25, 0.3) is 5.91 Å². The molecular formula is C19H14F2N6OS. The van der Waals surface area contributed by atoms with E-state index in [9.17, 15) is 13.6 Å². The summed E-state index contributed by atoms with van der Waals surface area (Å²) in [6, 6.07) is 5.08. The Bertz CT molecular complexity index is 1140. The molecule has 0 atom stereocenters. The molecule has 1 amide bonds. The second-order valence-electron chi connectivity index (χ2n) is 5.91. The van der Waals surface area contributed by atoms with Crippen molar-refractivity contribution in [2.24, 2.45) is 0 Å². The number of anilines is 1. The highest BCUT2D eigenvalue weighted by Gasteiger charge is 2.18. The summed E-state index contributed by atoms with van der Waals surface area (Å²) in [5, 5.41) is 9.51. The monoisotopic (exact) mass is 412 g/mol. The van der Waals surface area contributed by atoms with Gasteiger partial charge in [-0.05, 0) is 25.1 Å². The fourth-order valence-electron chi connectivity index (χ4n) is 2.75. The molecule has 4 aromatic rings. The zero-order valence-corrected chi connectivity index (χ0v) is 16.0. The zero-order chi connectivity index (χ0) is 20.4. The first-order valence-electron chi connectivity index (χ1n) is 8.62.